The number of amides is 1. The monoisotopic (exact) mass is 297 g/mol. The predicted molar refractivity (Wildman–Crippen MR) is 80.8 cm³/mol. The Morgan fingerprint density at radius 1 is 1.32 bits per heavy atom. The van der Waals surface area contributed by atoms with Gasteiger partial charge in [0, 0.05) is 18.0 Å². The Kier molecular flexibility index (Phi) is 3.48. The summed E-state index contributed by atoms with van der Waals surface area (Å²) in [6, 6.07) is 10.1. The maximum atomic E-state index is 11.9. The molecule has 3 rings (SSSR count). The third-order valence-corrected chi connectivity index (χ3v) is 3.20. The second kappa shape index (κ2) is 5.60. The number of pyridine rings is 1. The lowest BCUT2D eigenvalue weighted by atomic mass is 10.0. The van der Waals surface area contributed by atoms with Gasteiger partial charge in [-0.05, 0) is 17.7 Å². The van der Waals surface area contributed by atoms with Gasteiger partial charge in [0.05, 0.1) is 4.92 Å². The molecule has 110 valence electrons. The van der Waals surface area contributed by atoms with E-state index in [1.807, 2.05) is 24.3 Å². The van der Waals surface area contributed by atoms with Crippen LogP contribution in [0.2, 0.25) is 0 Å². The number of nitrogens with one attached hydrogen (secondary N) is 2. The highest BCUT2D eigenvalue weighted by atomic mass is 16.6. The van der Waals surface area contributed by atoms with Crippen molar-refractivity contribution in [2.24, 2.45) is 5.10 Å². The molecule has 0 saturated heterocycles. The number of hydrogen-bond donors (Lipinski definition) is 2. The van der Waals surface area contributed by atoms with Crippen LogP contribution in [0.4, 0.5) is 17.2 Å². The number of fused-ring (bicyclic) bond motifs is 1. The van der Waals surface area contributed by atoms with Crippen LogP contribution in [0.15, 0.2) is 47.7 Å². The van der Waals surface area contributed by atoms with Gasteiger partial charge >= 0.3 is 0 Å². The number of benzene rings is 1. The lowest BCUT2D eigenvalue weighted by Crippen LogP contribution is -2.13. The number of nitro groups is 1. The van der Waals surface area contributed by atoms with Gasteiger partial charge in [-0.3, -0.25) is 20.3 Å². The first-order valence-electron chi connectivity index (χ1n) is 6.44. The van der Waals surface area contributed by atoms with E-state index in [0.717, 1.165) is 17.4 Å². The second-order valence-corrected chi connectivity index (χ2v) is 4.60. The average molecular weight is 297 g/mol. The fourth-order valence-electron chi connectivity index (χ4n) is 2.12. The van der Waals surface area contributed by atoms with Crippen LogP contribution in [0.25, 0.3) is 0 Å². The number of carbonyl (C=O) groups excluding carboxylic acids is 1. The maximum absolute atomic E-state index is 11.9. The zero-order valence-electron chi connectivity index (χ0n) is 11.3. The fourth-order valence-corrected chi connectivity index (χ4v) is 2.12. The molecule has 1 aromatic carbocycles. The molecule has 8 heteroatoms. The van der Waals surface area contributed by atoms with Crippen molar-refractivity contribution < 1.29 is 9.72 Å². The SMILES string of the molecule is O=C1Nc2ccccc2C1C=NNc1ccc([N+](=O)[O-])cn1. The van der Waals surface area contributed by atoms with Crippen LogP contribution in [0.1, 0.15) is 11.5 Å². The predicted octanol–water partition coefficient (Wildman–Crippen LogP) is 2.12. The third kappa shape index (κ3) is 2.62. The summed E-state index contributed by atoms with van der Waals surface area (Å²) in [4.78, 5) is 25.7. The zero-order valence-corrected chi connectivity index (χ0v) is 11.3. The Bertz CT molecular complexity index is 757. The number of hydrogen-bond acceptors (Lipinski definition) is 6. The zero-order chi connectivity index (χ0) is 15.5. The van der Waals surface area contributed by atoms with Crippen LogP contribution in [-0.2, 0) is 4.79 Å². The van der Waals surface area contributed by atoms with E-state index in [2.05, 4.69) is 20.8 Å². The van der Waals surface area contributed by atoms with E-state index in [1.54, 1.807) is 0 Å². The van der Waals surface area contributed by atoms with E-state index in [9.17, 15) is 14.9 Å². The molecule has 1 aromatic heterocycles. The Morgan fingerprint density at radius 2 is 2.14 bits per heavy atom. The van der Waals surface area contributed by atoms with E-state index >= 15 is 0 Å². The summed E-state index contributed by atoms with van der Waals surface area (Å²) in [6.45, 7) is 0. The second-order valence-electron chi connectivity index (χ2n) is 4.60. The van der Waals surface area contributed by atoms with E-state index in [4.69, 9.17) is 0 Å². The molecule has 0 bridgehead atoms. The van der Waals surface area contributed by atoms with Crippen molar-refractivity contribution in [1.29, 1.82) is 0 Å². The van der Waals surface area contributed by atoms with Gasteiger partial charge in [0.15, 0.2) is 0 Å². The molecule has 1 amide bonds. The summed E-state index contributed by atoms with van der Waals surface area (Å²) in [6.07, 6.45) is 2.61. The number of para-hydroxylation sites is 1. The van der Waals surface area contributed by atoms with E-state index < -0.39 is 10.8 Å². The molecule has 22 heavy (non-hydrogen) atoms. The topological polar surface area (TPSA) is 110 Å². The summed E-state index contributed by atoms with van der Waals surface area (Å²) < 4.78 is 0. The van der Waals surface area contributed by atoms with Gasteiger partial charge in [-0.1, -0.05) is 18.2 Å². The fraction of sp³-hybridized carbons (Fsp3) is 0.0714. The smallest absolute Gasteiger partial charge is 0.287 e. The van der Waals surface area contributed by atoms with Gasteiger partial charge in [-0.25, -0.2) is 4.98 Å². The van der Waals surface area contributed by atoms with E-state index in [0.29, 0.717) is 5.82 Å². The summed E-state index contributed by atoms with van der Waals surface area (Å²) in [5.74, 6) is -0.265. The Labute approximate surface area is 125 Å². The van der Waals surface area contributed by atoms with Crippen molar-refractivity contribution in [1.82, 2.24) is 4.98 Å². The molecule has 8 nitrogen and oxygen atoms in total. The molecule has 0 fully saturated rings. The average Bonchev–Trinajstić information content (AvgIpc) is 2.84. The molecule has 1 unspecified atom stereocenters. The van der Waals surface area contributed by atoms with Crippen molar-refractivity contribution in [3.8, 4) is 0 Å². The standard InChI is InChI=1S/C14H11N5O3/c20-14-11(10-3-1-2-4-12(10)17-14)8-16-18-13-6-5-9(7-15-13)19(21)22/h1-8,11H,(H,15,18)(H,17,20). The first kappa shape index (κ1) is 13.7. The summed E-state index contributed by atoms with van der Waals surface area (Å²) in [5, 5.41) is 17.3. The highest BCUT2D eigenvalue weighted by Gasteiger charge is 2.28. The molecule has 1 atom stereocenters. The highest BCUT2D eigenvalue weighted by Crippen LogP contribution is 2.30. The molecule has 0 spiro atoms. The van der Waals surface area contributed by atoms with E-state index in [1.165, 1.54) is 18.3 Å². The summed E-state index contributed by atoms with van der Waals surface area (Å²) in [7, 11) is 0. The molecule has 2 N–H and O–H groups in total. The van der Waals surface area contributed by atoms with Crippen LogP contribution in [-0.4, -0.2) is 22.0 Å². The minimum absolute atomic E-state index is 0.0985. The number of rotatable bonds is 4. The molecule has 2 aromatic rings. The Hall–Kier alpha value is -3.29. The molecular weight excluding hydrogens is 286 g/mol. The van der Waals surface area contributed by atoms with E-state index in [-0.39, 0.29) is 11.6 Å². The van der Waals surface area contributed by atoms with Crippen molar-refractivity contribution in [3.63, 3.8) is 0 Å². The van der Waals surface area contributed by atoms with Crippen LogP contribution in [0, 0.1) is 10.1 Å². The highest BCUT2D eigenvalue weighted by molar-refractivity contribution is 6.12. The number of nitrogens with zero attached hydrogens (tertiary/aromatic N) is 3. The van der Waals surface area contributed by atoms with Gasteiger partial charge in [-0.2, -0.15) is 5.10 Å². The molecular formula is C14H11N5O3. The minimum Gasteiger partial charge on any atom is -0.325 e. The lowest BCUT2D eigenvalue weighted by Gasteiger charge is -2.02. The van der Waals surface area contributed by atoms with Crippen LogP contribution < -0.4 is 10.7 Å². The quantitative estimate of drug-likeness (QED) is 0.510. The number of carbonyl (C=O) groups is 1. The van der Waals surface area contributed by atoms with Gasteiger partial charge in [-0.15, -0.1) is 0 Å². The number of anilines is 2. The van der Waals surface area contributed by atoms with Crippen molar-refractivity contribution in [2.75, 3.05) is 10.7 Å². The maximum Gasteiger partial charge on any atom is 0.287 e. The van der Waals surface area contributed by atoms with Crippen LogP contribution in [0.3, 0.4) is 0 Å². The van der Waals surface area contributed by atoms with Gasteiger partial charge in [0.2, 0.25) is 5.91 Å². The molecule has 0 radical (unpaired) electrons. The largest absolute Gasteiger partial charge is 0.325 e. The number of hydrazone groups is 1. The third-order valence-electron chi connectivity index (χ3n) is 3.20. The molecule has 2 heterocycles. The van der Waals surface area contributed by atoms with Crippen LogP contribution in [0.5, 0.6) is 0 Å². The first-order chi connectivity index (χ1) is 10.6. The summed E-state index contributed by atoms with van der Waals surface area (Å²) >= 11 is 0. The van der Waals surface area contributed by atoms with Gasteiger partial charge in [0.1, 0.15) is 17.9 Å². The molecule has 1 aliphatic heterocycles. The van der Waals surface area contributed by atoms with Crippen LogP contribution >= 0.6 is 0 Å². The Balaban J connectivity index is 1.70. The number of aromatic nitrogens is 1. The van der Waals surface area contributed by atoms with Gasteiger partial charge in [0.25, 0.3) is 5.69 Å². The molecule has 1 aliphatic rings. The van der Waals surface area contributed by atoms with Crippen molar-refractivity contribution >= 4 is 29.3 Å². The van der Waals surface area contributed by atoms with Crippen molar-refractivity contribution in [3.05, 3.63) is 58.3 Å². The van der Waals surface area contributed by atoms with Gasteiger partial charge < -0.3 is 5.32 Å². The normalized spacial score (nSPS) is 16.4. The lowest BCUT2D eigenvalue weighted by molar-refractivity contribution is -0.385. The molecule has 0 saturated carbocycles. The van der Waals surface area contributed by atoms with Crippen molar-refractivity contribution in [2.45, 2.75) is 5.92 Å². The Morgan fingerprint density at radius 3 is 2.86 bits per heavy atom. The summed E-state index contributed by atoms with van der Waals surface area (Å²) in [5.41, 5.74) is 4.18. The minimum atomic E-state index is -0.528. The first-order valence-corrected chi connectivity index (χ1v) is 6.44. The molecule has 0 aliphatic carbocycles.